The van der Waals surface area contributed by atoms with E-state index in [1.165, 1.54) is 11.1 Å². The van der Waals surface area contributed by atoms with Gasteiger partial charge in [-0.2, -0.15) is 0 Å². The average Bonchev–Trinajstić information content (AvgIpc) is 2.47. The van der Waals surface area contributed by atoms with Gasteiger partial charge >= 0.3 is 0 Å². The Labute approximate surface area is 113 Å². The number of fused-ring (bicyclic) bond motifs is 1. The molecule has 1 heterocycles. The Bertz CT molecular complexity index is 591. The van der Waals surface area contributed by atoms with Crippen molar-refractivity contribution in [1.82, 2.24) is 4.90 Å². The lowest BCUT2D eigenvalue weighted by Crippen LogP contribution is -2.42. The molecule has 2 nitrogen and oxygen atoms in total. The summed E-state index contributed by atoms with van der Waals surface area (Å²) < 4.78 is 0. The zero-order chi connectivity index (χ0) is 13.2. The molecule has 3 rings (SSSR count). The lowest BCUT2D eigenvalue weighted by molar-refractivity contribution is 0.0658. The molecule has 96 valence electrons. The van der Waals surface area contributed by atoms with Crippen molar-refractivity contribution < 1.29 is 4.79 Å². The Morgan fingerprint density at radius 1 is 1.00 bits per heavy atom. The highest BCUT2D eigenvalue weighted by atomic mass is 16.2. The van der Waals surface area contributed by atoms with Gasteiger partial charge in [-0.3, -0.25) is 4.79 Å². The van der Waals surface area contributed by atoms with Crippen LogP contribution in [0, 0.1) is 0 Å². The fourth-order valence-electron chi connectivity index (χ4n) is 2.70. The van der Waals surface area contributed by atoms with Crippen LogP contribution >= 0.6 is 0 Å². The highest BCUT2D eigenvalue weighted by Crippen LogP contribution is 2.24. The minimum Gasteiger partial charge on any atom is -0.331 e. The summed E-state index contributed by atoms with van der Waals surface area (Å²) in [6.45, 7) is 2.84. The molecule has 1 aliphatic heterocycles. The van der Waals surface area contributed by atoms with Gasteiger partial charge in [0.15, 0.2) is 0 Å². The molecular formula is C17H17NO. The quantitative estimate of drug-likeness (QED) is 0.761. The first kappa shape index (κ1) is 12.0. The number of amides is 1. The number of hydrogen-bond donors (Lipinski definition) is 0. The molecule has 1 aliphatic rings. The lowest BCUT2D eigenvalue weighted by atomic mass is 9.94. The molecule has 0 saturated carbocycles. The van der Waals surface area contributed by atoms with Gasteiger partial charge in [-0.15, -0.1) is 0 Å². The molecule has 0 aromatic heterocycles. The zero-order valence-electron chi connectivity index (χ0n) is 11.0. The first-order chi connectivity index (χ1) is 9.25. The molecule has 0 fully saturated rings. The number of rotatable bonds is 1. The van der Waals surface area contributed by atoms with Gasteiger partial charge in [-0.25, -0.2) is 0 Å². The van der Waals surface area contributed by atoms with Crippen molar-refractivity contribution in [2.45, 2.75) is 25.9 Å². The first-order valence-electron chi connectivity index (χ1n) is 6.68. The van der Waals surface area contributed by atoms with E-state index in [9.17, 15) is 4.79 Å². The van der Waals surface area contributed by atoms with Crippen LogP contribution in [0.3, 0.4) is 0 Å². The summed E-state index contributed by atoms with van der Waals surface area (Å²) >= 11 is 0. The SMILES string of the molecule is C[C@@H]1Cc2ccccc2CN1C(=O)c1ccccc1. The molecule has 0 saturated heterocycles. The normalized spacial score (nSPS) is 17.9. The minimum absolute atomic E-state index is 0.127. The largest absolute Gasteiger partial charge is 0.331 e. The van der Waals surface area contributed by atoms with Gasteiger partial charge in [-0.1, -0.05) is 42.5 Å². The Morgan fingerprint density at radius 3 is 2.37 bits per heavy atom. The molecule has 0 aliphatic carbocycles. The van der Waals surface area contributed by atoms with E-state index in [4.69, 9.17) is 0 Å². The molecule has 19 heavy (non-hydrogen) atoms. The van der Waals surface area contributed by atoms with E-state index in [1.54, 1.807) is 0 Å². The van der Waals surface area contributed by atoms with E-state index in [0.717, 1.165) is 12.0 Å². The average molecular weight is 251 g/mol. The minimum atomic E-state index is 0.127. The van der Waals surface area contributed by atoms with Crippen LogP contribution in [-0.2, 0) is 13.0 Å². The molecule has 0 spiro atoms. The van der Waals surface area contributed by atoms with Gasteiger partial charge in [0.25, 0.3) is 5.91 Å². The topological polar surface area (TPSA) is 20.3 Å². The van der Waals surface area contributed by atoms with Gasteiger partial charge in [0.05, 0.1) is 0 Å². The van der Waals surface area contributed by atoms with E-state index in [1.807, 2.05) is 41.3 Å². The Morgan fingerprint density at radius 2 is 1.63 bits per heavy atom. The molecule has 0 bridgehead atoms. The monoisotopic (exact) mass is 251 g/mol. The van der Waals surface area contributed by atoms with Crippen molar-refractivity contribution in [3.63, 3.8) is 0 Å². The third kappa shape index (κ3) is 2.26. The van der Waals surface area contributed by atoms with Crippen LogP contribution in [0.5, 0.6) is 0 Å². The van der Waals surface area contributed by atoms with Crippen molar-refractivity contribution in [2.24, 2.45) is 0 Å². The summed E-state index contributed by atoms with van der Waals surface area (Å²) in [6.07, 6.45) is 0.939. The summed E-state index contributed by atoms with van der Waals surface area (Å²) in [6, 6.07) is 18.2. The standard InChI is InChI=1S/C17H17NO/c1-13-11-15-9-5-6-10-16(15)12-18(13)17(19)14-7-3-2-4-8-14/h2-10,13H,11-12H2,1H3/t13-/m1/s1. The number of benzene rings is 2. The maximum atomic E-state index is 12.5. The molecule has 2 heteroatoms. The van der Waals surface area contributed by atoms with Gasteiger partial charge < -0.3 is 4.90 Å². The van der Waals surface area contributed by atoms with Crippen molar-refractivity contribution in [3.8, 4) is 0 Å². The Balaban J connectivity index is 1.89. The van der Waals surface area contributed by atoms with Gasteiger partial charge in [0, 0.05) is 18.2 Å². The number of hydrogen-bond acceptors (Lipinski definition) is 1. The van der Waals surface area contributed by atoms with Gasteiger partial charge in [0.2, 0.25) is 0 Å². The molecule has 2 aromatic carbocycles. The molecule has 2 aromatic rings. The fraction of sp³-hybridized carbons (Fsp3) is 0.235. The highest BCUT2D eigenvalue weighted by Gasteiger charge is 2.26. The molecule has 0 N–H and O–H groups in total. The highest BCUT2D eigenvalue weighted by molar-refractivity contribution is 5.94. The molecule has 1 atom stereocenters. The second-order valence-corrected chi connectivity index (χ2v) is 5.12. The van der Waals surface area contributed by atoms with Crippen LogP contribution in [0.2, 0.25) is 0 Å². The predicted molar refractivity (Wildman–Crippen MR) is 75.9 cm³/mol. The zero-order valence-corrected chi connectivity index (χ0v) is 11.0. The smallest absolute Gasteiger partial charge is 0.254 e. The van der Waals surface area contributed by atoms with Gasteiger partial charge in [-0.05, 0) is 36.6 Å². The predicted octanol–water partition coefficient (Wildman–Crippen LogP) is 3.27. The van der Waals surface area contributed by atoms with Crippen LogP contribution in [0.4, 0.5) is 0 Å². The van der Waals surface area contributed by atoms with Gasteiger partial charge in [0.1, 0.15) is 0 Å². The van der Waals surface area contributed by atoms with Crippen LogP contribution in [0.15, 0.2) is 54.6 Å². The number of carbonyl (C=O) groups excluding carboxylic acids is 1. The Kier molecular flexibility index (Phi) is 3.08. The second kappa shape index (κ2) is 4.88. The van der Waals surface area contributed by atoms with E-state index in [2.05, 4.69) is 25.1 Å². The molecule has 0 unspecified atom stereocenters. The van der Waals surface area contributed by atoms with Crippen molar-refractivity contribution in [3.05, 3.63) is 71.3 Å². The van der Waals surface area contributed by atoms with E-state index in [-0.39, 0.29) is 11.9 Å². The van der Waals surface area contributed by atoms with Crippen LogP contribution in [0.1, 0.15) is 28.4 Å². The second-order valence-electron chi connectivity index (χ2n) is 5.12. The van der Waals surface area contributed by atoms with Crippen LogP contribution < -0.4 is 0 Å². The van der Waals surface area contributed by atoms with E-state index < -0.39 is 0 Å². The third-order valence-electron chi connectivity index (χ3n) is 3.79. The summed E-state index contributed by atoms with van der Waals surface area (Å²) in [5.41, 5.74) is 3.41. The van der Waals surface area contributed by atoms with E-state index in [0.29, 0.717) is 6.54 Å². The molecular weight excluding hydrogens is 234 g/mol. The fourth-order valence-corrected chi connectivity index (χ4v) is 2.70. The summed E-state index contributed by atoms with van der Waals surface area (Å²) in [5, 5.41) is 0. The molecule has 1 amide bonds. The third-order valence-corrected chi connectivity index (χ3v) is 3.79. The lowest BCUT2D eigenvalue weighted by Gasteiger charge is -2.35. The maximum Gasteiger partial charge on any atom is 0.254 e. The van der Waals surface area contributed by atoms with Crippen LogP contribution in [0.25, 0.3) is 0 Å². The Hall–Kier alpha value is -2.09. The maximum absolute atomic E-state index is 12.5. The summed E-state index contributed by atoms with van der Waals surface area (Å²) in [5.74, 6) is 0.127. The van der Waals surface area contributed by atoms with Crippen molar-refractivity contribution >= 4 is 5.91 Å². The molecule has 0 radical (unpaired) electrons. The number of nitrogens with zero attached hydrogens (tertiary/aromatic N) is 1. The van der Waals surface area contributed by atoms with Crippen molar-refractivity contribution in [2.75, 3.05) is 0 Å². The first-order valence-corrected chi connectivity index (χ1v) is 6.68. The van der Waals surface area contributed by atoms with Crippen LogP contribution in [-0.4, -0.2) is 16.8 Å². The summed E-state index contributed by atoms with van der Waals surface area (Å²) in [4.78, 5) is 14.5. The van der Waals surface area contributed by atoms with Crippen molar-refractivity contribution in [1.29, 1.82) is 0 Å². The summed E-state index contributed by atoms with van der Waals surface area (Å²) in [7, 11) is 0. The van der Waals surface area contributed by atoms with E-state index >= 15 is 0 Å². The number of carbonyl (C=O) groups is 1.